The van der Waals surface area contributed by atoms with Crippen LogP contribution in [0.2, 0.25) is 0 Å². The molecule has 292 valence electrons. The number of carbonyl (C=O) groups is 3. The molecule has 0 aliphatic carbocycles. The molecule has 0 rings (SSSR count). The maximum Gasteiger partial charge on any atom is 0.472 e. The monoisotopic (exact) mass is 731 g/mol. The van der Waals surface area contributed by atoms with E-state index in [-0.39, 0.29) is 6.42 Å². The Labute approximate surface area is 302 Å². The number of carboxylic acids is 1. The molecular weight excluding hydrogens is 661 g/mol. The average molecular weight is 732 g/mol. The number of hydrogen-bond acceptors (Lipinski definition) is 9. The summed E-state index contributed by atoms with van der Waals surface area (Å²) in [5.74, 6) is -2.64. The normalized spacial score (nSPS) is 14.2. The highest BCUT2D eigenvalue weighted by atomic mass is 31.2. The van der Waals surface area contributed by atoms with Gasteiger partial charge in [-0.05, 0) is 19.3 Å². The molecule has 12 heteroatoms. The molecule has 11 nitrogen and oxygen atoms in total. The van der Waals surface area contributed by atoms with Crippen LogP contribution in [0.5, 0.6) is 0 Å². The Morgan fingerprint density at radius 1 is 0.660 bits per heavy atom. The minimum atomic E-state index is -4.72. The summed E-state index contributed by atoms with van der Waals surface area (Å²) in [7, 11) is -4.72. The molecular formula is C38H70NO10P. The number of phosphoric acid groups is 1. The second kappa shape index (κ2) is 34.1. The minimum Gasteiger partial charge on any atom is -0.480 e. The van der Waals surface area contributed by atoms with Gasteiger partial charge in [-0.1, -0.05) is 160 Å². The number of nitrogens with two attached hydrogens (primary N) is 1. The van der Waals surface area contributed by atoms with Crippen LogP contribution < -0.4 is 5.73 Å². The van der Waals surface area contributed by atoms with Crippen molar-refractivity contribution in [2.45, 2.75) is 180 Å². The summed E-state index contributed by atoms with van der Waals surface area (Å²) in [4.78, 5) is 45.6. The maximum absolute atomic E-state index is 12.5. The molecule has 1 unspecified atom stereocenters. The van der Waals surface area contributed by atoms with Gasteiger partial charge in [-0.2, -0.15) is 0 Å². The van der Waals surface area contributed by atoms with Crippen molar-refractivity contribution in [3.63, 3.8) is 0 Å². The second-order valence-electron chi connectivity index (χ2n) is 13.1. The van der Waals surface area contributed by atoms with Gasteiger partial charge >= 0.3 is 25.7 Å². The molecule has 0 aromatic heterocycles. The molecule has 0 aromatic rings. The highest BCUT2D eigenvalue weighted by molar-refractivity contribution is 7.47. The van der Waals surface area contributed by atoms with Gasteiger partial charge in [0.05, 0.1) is 13.2 Å². The molecule has 0 amide bonds. The lowest BCUT2D eigenvalue weighted by Gasteiger charge is -2.20. The number of aliphatic carboxylic acids is 1. The molecule has 0 bridgehead atoms. The zero-order chi connectivity index (χ0) is 37.1. The van der Waals surface area contributed by atoms with Crippen LogP contribution in [0.4, 0.5) is 0 Å². The first-order valence-corrected chi connectivity index (χ1v) is 20.9. The van der Waals surface area contributed by atoms with Crippen LogP contribution in [0.25, 0.3) is 0 Å². The summed E-state index contributed by atoms with van der Waals surface area (Å²) in [5, 5.41) is 8.85. The first-order chi connectivity index (χ1) is 24.1. The van der Waals surface area contributed by atoms with Crippen LogP contribution in [0.1, 0.15) is 168 Å². The van der Waals surface area contributed by atoms with Crippen LogP contribution in [-0.4, -0.2) is 59.9 Å². The Morgan fingerprint density at radius 2 is 1.12 bits per heavy atom. The summed E-state index contributed by atoms with van der Waals surface area (Å²) in [6.45, 7) is 2.66. The number of carboxylic acid groups (broad SMARTS) is 1. The van der Waals surface area contributed by atoms with Crippen molar-refractivity contribution < 1.29 is 47.5 Å². The Hall–Kier alpha value is -2.04. The van der Waals surface area contributed by atoms with Gasteiger partial charge < -0.3 is 25.2 Å². The predicted octanol–water partition coefficient (Wildman–Crippen LogP) is 9.50. The van der Waals surface area contributed by atoms with Gasteiger partial charge in [-0.3, -0.25) is 18.6 Å². The van der Waals surface area contributed by atoms with Crippen LogP contribution in [0.15, 0.2) is 24.3 Å². The fourth-order valence-corrected chi connectivity index (χ4v) is 5.99. The zero-order valence-corrected chi connectivity index (χ0v) is 32.1. The standard InChI is InChI=1S/C38H70NO10P/c1-3-5-7-9-11-13-15-16-17-18-20-21-23-25-27-29-36(40)46-31-34(32-47-50(44,45)48-33-35(39)38(42)43)49-37(41)30-28-26-24-22-19-14-12-10-8-6-4-2/h23,25,27,29,34-35H,3-22,24,26,28,30-33,39H2,1-2H3,(H,42,43)(H,44,45)/b25-23+,29-27+/t34-,35+/m1/s1. The molecule has 0 radical (unpaired) electrons. The lowest BCUT2D eigenvalue weighted by Crippen LogP contribution is -2.34. The van der Waals surface area contributed by atoms with Crippen molar-refractivity contribution in [2.75, 3.05) is 19.8 Å². The largest absolute Gasteiger partial charge is 0.480 e. The van der Waals surface area contributed by atoms with Gasteiger partial charge in [0.2, 0.25) is 0 Å². The van der Waals surface area contributed by atoms with E-state index >= 15 is 0 Å². The highest BCUT2D eigenvalue weighted by Gasteiger charge is 2.28. The molecule has 50 heavy (non-hydrogen) atoms. The summed E-state index contributed by atoms with van der Waals surface area (Å²) >= 11 is 0. The summed E-state index contributed by atoms with van der Waals surface area (Å²) in [6.07, 6.45) is 33.1. The molecule has 0 saturated carbocycles. The Morgan fingerprint density at radius 3 is 1.62 bits per heavy atom. The van der Waals surface area contributed by atoms with E-state index in [0.717, 1.165) is 32.1 Å². The van der Waals surface area contributed by atoms with Gasteiger partial charge in [0.25, 0.3) is 0 Å². The topological polar surface area (TPSA) is 172 Å². The van der Waals surface area contributed by atoms with E-state index in [4.69, 9.17) is 24.8 Å². The SMILES string of the molecule is CCCCCCCCCCCCC/C=C/C=C/C(=O)OC[C@H](COP(=O)(O)OC[C@H](N)C(=O)O)OC(=O)CCCCCCCCCCCCC. The van der Waals surface area contributed by atoms with Gasteiger partial charge in [0.1, 0.15) is 12.6 Å². The lowest BCUT2D eigenvalue weighted by atomic mass is 10.1. The Balaban J connectivity index is 4.52. The van der Waals surface area contributed by atoms with E-state index in [0.29, 0.717) is 6.42 Å². The molecule has 0 heterocycles. The number of rotatable bonds is 36. The van der Waals surface area contributed by atoms with Gasteiger partial charge in [-0.25, -0.2) is 9.36 Å². The van der Waals surface area contributed by atoms with Crippen molar-refractivity contribution >= 4 is 25.7 Å². The third kappa shape index (κ3) is 33.1. The summed E-state index contributed by atoms with van der Waals surface area (Å²) < 4.78 is 32.3. The van der Waals surface area contributed by atoms with E-state index < -0.39 is 57.7 Å². The molecule has 0 aliphatic heterocycles. The highest BCUT2D eigenvalue weighted by Crippen LogP contribution is 2.43. The van der Waals surface area contributed by atoms with Gasteiger partial charge in [-0.15, -0.1) is 0 Å². The number of esters is 2. The fraction of sp³-hybridized carbons (Fsp3) is 0.816. The van der Waals surface area contributed by atoms with Crippen molar-refractivity contribution in [1.29, 1.82) is 0 Å². The first-order valence-electron chi connectivity index (χ1n) is 19.4. The van der Waals surface area contributed by atoms with Crippen LogP contribution in [-0.2, 0) is 37.5 Å². The number of unbranched alkanes of at least 4 members (excludes halogenated alkanes) is 21. The predicted molar refractivity (Wildman–Crippen MR) is 199 cm³/mol. The van der Waals surface area contributed by atoms with Gasteiger partial charge in [0.15, 0.2) is 6.10 Å². The van der Waals surface area contributed by atoms with Crippen molar-refractivity contribution in [1.82, 2.24) is 0 Å². The third-order valence-electron chi connectivity index (χ3n) is 8.31. The van der Waals surface area contributed by atoms with Crippen LogP contribution in [0, 0.1) is 0 Å². The molecule has 3 atom stereocenters. The quantitative estimate of drug-likeness (QED) is 0.0184. The first kappa shape index (κ1) is 48.0. The fourth-order valence-electron chi connectivity index (χ4n) is 5.21. The smallest absolute Gasteiger partial charge is 0.472 e. The van der Waals surface area contributed by atoms with Crippen LogP contribution >= 0.6 is 7.82 Å². The molecule has 0 spiro atoms. The minimum absolute atomic E-state index is 0.145. The summed E-state index contributed by atoms with van der Waals surface area (Å²) in [5.41, 5.74) is 5.31. The molecule has 0 aromatic carbocycles. The van der Waals surface area contributed by atoms with Gasteiger partial charge in [0, 0.05) is 12.5 Å². The molecule has 0 fully saturated rings. The van der Waals surface area contributed by atoms with E-state index in [1.165, 1.54) is 115 Å². The van der Waals surface area contributed by atoms with Crippen molar-refractivity contribution in [3.05, 3.63) is 24.3 Å². The second-order valence-corrected chi connectivity index (χ2v) is 14.6. The van der Waals surface area contributed by atoms with E-state index in [1.54, 1.807) is 12.2 Å². The molecule has 0 aliphatic rings. The Bertz CT molecular complexity index is 958. The van der Waals surface area contributed by atoms with Crippen molar-refractivity contribution in [3.8, 4) is 0 Å². The van der Waals surface area contributed by atoms with Crippen molar-refractivity contribution in [2.24, 2.45) is 5.73 Å². The maximum atomic E-state index is 12.5. The number of allylic oxidation sites excluding steroid dienone is 3. The third-order valence-corrected chi connectivity index (χ3v) is 9.26. The molecule has 0 saturated heterocycles. The Kier molecular flexibility index (Phi) is 32.7. The average Bonchev–Trinajstić information content (AvgIpc) is 3.09. The number of phosphoric ester groups is 1. The van der Waals surface area contributed by atoms with Crippen LogP contribution in [0.3, 0.4) is 0 Å². The van der Waals surface area contributed by atoms with E-state index in [2.05, 4.69) is 18.4 Å². The summed E-state index contributed by atoms with van der Waals surface area (Å²) in [6, 6.07) is -1.53. The molecule has 4 N–H and O–H groups in total. The van der Waals surface area contributed by atoms with E-state index in [1.807, 2.05) is 6.08 Å². The number of ether oxygens (including phenoxy) is 2. The number of hydrogen-bond donors (Lipinski definition) is 3. The zero-order valence-electron chi connectivity index (χ0n) is 31.2. The number of carbonyl (C=O) groups excluding carboxylic acids is 2. The van der Waals surface area contributed by atoms with E-state index in [9.17, 15) is 23.8 Å². The lowest BCUT2D eigenvalue weighted by molar-refractivity contribution is -0.159.